The van der Waals surface area contributed by atoms with Gasteiger partial charge < -0.3 is 4.90 Å². The molecule has 1 aromatic carbocycles. The molecule has 118 valence electrons. The van der Waals surface area contributed by atoms with E-state index in [1.807, 2.05) is 6.92 Å². The fraction of sp³-hybridized carbons (Fsp3) is 0.533. The van der Waals surface area contributed by atoms with E-state index in [-0.39, 0.29) is 22.3 Å². The predicted molar refractivity (Wildman–Crippen MR) is 83.7 cm³/mol. The molecule has 0 aliphatic rings. The van der Waals surface area contributed by atoms with Gasteiger partial charge in [0, 0.05) is 18.7 Å². The summed E-state index contributed by atoms with van der Waals surface area (Å²) in [5.41, 5.74) is 0.309. The molecular weight excluding hydrogens is 288 g/mol. The largest absolute Gasteiger partial charge is 0.338 e. The van der Waals surface area contributed by atoms with E-state index in [1.54, 1.807) is 24.1 Å². The van der Waals surface area contributed by atoms with Gasteiger partial charge in [0.2, 0.25) is 10.0 Å². The second kappa shape index (κ2) is 6.15. The van der Waals surface area contributed by atoms with Crippen molar-refractivity contribution in [2.45, 2.75) is 38.6 Å². The van der Waals surface area contributed by atoms with Crippen LogP contribution in [0.15, 0.2) is 29.2 Å². The summed E-state index contributed by atoms with van der Waals surface area (Å²) in [4.78, 5) is 14.2. The first-order chi connectivity index (χ1) is 9.50. The molecule has 21 heavy (non-hydrogen) atoms. The summed E-state index contributed by atoms with van der Waals surface area (Å²) < 4.78 is 25.9. The van der Waals surface area contributed by atoms with Crippen LogP contribution in [0.3, 0.4) is 0 Å². The lowest BCUT2D eigenvalue weighted by Gasteiger charge is -2.35. The van der Waals surface area contributed by atoms with Crippen LogP contribution in [0.25, 0.3) is 0 Å². The van der Waals surface area contributed by atoms with Crippen LogP contribution in [-0.2, 0) is 10.0 Å². The zero-order valence-corrected chi connectivity index (χ0v) is 14.3. The molecular formula is C15H24N2O3S. The van der Waals surface area contributed by atoms with Crippen molar-refractivity contribution in [2.24, 2.45) is 5.41 Å². The topological polar surface area (TPSA) is 66.5 Å². The lowest BCUT2D eigenvalue weighted by molar-refractivity contribution is 0.0629. The monoisotopic (exact) mass is 312 g/mol. The number of nitrogens with one attached hydrogen (secondary N) is 1. The van der Waals surface area contributed by atoms with Gasteiger partial charge in [-0.1, -0.05) is 26.8 Å². The molecule has 1 rings (SSSR count). The Kier molecular flexibility index (Phi) is 5.17. The van der Waals surface area contributed by atoms with Crippen molar-refractivity contribution < 1.29 is 13.2 Å². The normalized spacial score (nSPS) is 13.8. The Bertz CT molecular complexity index is 618. The van der Waals surface area contributed by atoms with Crippen LogP contribution >= 0.6 is 0 Å². The maximum Gasteiger partial charge on any atom is 0.253 e. The maximum absolute atomic E-state index is 12.5. The van der Waals surface area contributed by atoms with Crippen molar-refractivity contribution in [3.8, 4) is 0 Å². The van der Waals surface area contributed by atoms with Gasteiger partial charge in [0.25, 0.3) is 5.91 Å². The number of amides is 1. The van der Waals surface area contributed by atoms with Crippen LogP contribution in [0, 0.1) is 5.41 Å². The van der Waals surface area contributed by atoms with Crippen LogP contribution < -0.4 is 4.72 Å². The number of hydrogen-bond acceptors (Lipinski definition) is 3. The molecule has 6 heteroatoms. The van der Waals surface area contributed by atoms with E-state index in [2.05, 4.69) is 25.5 Å². The molecule has 0 aliphatic heterocycles. The van der Waals surface area contributed by atoms with Gasteiger partial charge >= 0.3 is 0 Å². The standard InChI is InChI=1S/C15H24N2O3S/c1-11(15(2,3)4)17(6)14(18)12-8-7-9-13(10-12)21(19,20)16-5/h7-11,16H,1-6H3. The molecule has 1 aromatic rings. The Hall–Kier alpha value is -1.40. The summed E-state index contributed by atoms with van der Waals surface area (Å²) in [7, 11) is -0.471. The summed E-state index contributed by atoms with van der Waals surface area (Å²) >= 11 is 0. The average molecular weight is 312 g/mol. The summed E-state index contributed by atoms with van der Waals surface area (Å²) in [5, 5.41) is 0. The zero-order valence-electron chi connectivity index (χ0n) is 13.5. The van der Waals surface area contributed by atoms with Gasteiger partial charge in [-0.15, -0.1) is 0 Å². The number of nitrogens with zero attached hydrogens (tertiary/aromatic N) is 1. The molecule has 0 aromatic heterocycles. The number of carbonyl (C=O) groups excluding carboxylic acids is 1. The van der Waals surface area contributed by atoms with Crippen LogP contribution in [0.5, 0.6) is 0 Å². The molecule has 0 heterocycles. The van der Waals surface area contributed by atoms with Gasteiger partial charge in [0.05, 0.1) is 4.90 Å². The van der Waals surface area contributed by atoms with Crippen LogP contribution in [0.2, 0.25) is 0 Å². The number of rotatable bonds is 4. The van der Waals surface area contributed by atoms with Crippen molar-refractivity contribution in [1.29, 1.82) is 0 Å². The Balaban J connectivity index is 3.13. The van der Waals surface area contributed by atoms with Crippen molar-refractivity contribution in [1.82, 2.24) is 9.62 Å². The molecule has 1 N–H and O–H groups in total. The molecule has 1 amide bonds. The summed E-state index contributed by atoms with van der Waals surface area (Å²) in [5.74, 6) is -0.189. The number of benzene rings is 1. The minimum Gasteiger partial charge on any atom is -0.338 e. The van der Waals surface area contributed by atoms with Gasteiger partial charge in [-0.2, -0.15) is 0 Å². The summed E-state index contributed by atoms with van der Waals surface area (Å²) in [6, 6.07) is 6.10. The van der Waals surface area contributed by atoms with Crippen LogP contribution in [-0.4, -0.2) is 39.4 Å². The minimum absolute atomic E-state index is 0.0227. The Morgan fingerprint density at radius 1 is 1.29 bits per heavy atom. The third-order valence-corrected chi connectivity index (χ3v) is 5.23. The Morgan fingerprint density at radius 2 is 1.86 bits per heavy atom. The van der Waals surface area contributed by atoms with Gasteiger partial charge in [-0.05, 0) is 37.6 Å². The molecule has 0 saturated carbocycles. The highest BCUT2D eigenvalue weighted by Crippen LogP contribution is 2.24. The minimum atomic E-state index is -3.55. The van der Waals surface area contributed by atoms with E-state index < -0.39 is 10.0 Å². The first-order valence-electron chi connectivity index (χ1n) is 6.81. The van der Waals surface area contributed by atoms with Crippen molar-refractivity contribution in [2.75, 3.05) is 14.1 Å². The van der Waals surface area contributed by atoms with E-state index in [9.17, 15) is 13.2 Å². The van der Waals surface area contributed by atoms with Crippen LogP contribution in [0.4, 0.5) is 0 Å². The molecule has 0 bridgehead atoms. The smallest absolute Gasteiger partial charge is 0.253 e. The van der Waals surface area contributed by atoms with E-state index in [4.69, 9.17) is 0 Å². The van der Waals surface area contributed by atoms with E-state index >= 15 is 0 Å². The van der Waals surface area contributed by atoms with E-state index in [1.165, 1.54) is 19.2 Å². The second-order valence-electron chi connectivity index (χ2n) is 6.19. The number of carbonyl (C=O) groups is 1. The molecule has 0 saturated heterocycles. The molecule has 0 spiro atoms. The van der Waals surface area contributed by atoms with Gasteiger partial charge in [0.1, 0.15) is 0 Å². The molecule has 5 nitrogen and oxygen atoms in total. The number of hydrogen-bond donors (Lipinski definition) is 1. The SMILES string of the molecule is CNS(=O)(=O)c1cccc(C(=O)N(C)C(C)C(C)(C)C)c1. The maximum atomic E-state index is 12.5. The first-order valence-corrected chi connectivity index (χ1v) is 8.30. The van der Waals surface area contributed by atoms with E-state index in [0.717, 1.165) is 0 Å². The Labute approximate surface area is 127 Å². The third-order valence-electron chi connectivity index (χ3n) is 3.81. The molecule has 1 unspecified atom stereocenters. The molecule has 0 aliphatic carbocycles. The van der Waals surface area contributed by atoms with Gasteiger partial charge in [-0.25, -0.2) is 13.1 Å². The lowest BCUT2D eigenvalue weighted by Crippen LogP contribution is -2.43. The highest BCUT2D eigenvalue weighted by atomic mass is 32.2. The summed E-state index contributed by atoms with van der Waals surface area (Å²) in [6.45, 7) is 8.15. The molecule has 0 radical (unpaired) electrons. The highest BCUT2D eigenvalue weighted by Gasteiger charge is 2.28. The molecule has 1 atom stereocenters. The average Bonchev–Trinajstić information content (AvgIpc) is 2.44. The number of sulfonamides is 1. The van der Waals surface area contributed by atoms with Crippen molar-refractivity contribution >= 4 is 15.9 Å². The predicted octanol–water partition coefficient (Wildman–Crippen LogP) is 2.10. The van der Waals surface area contributed by atoms with Crippen molar-refractivity contribution in [3.63, 3.8) is 0 Å². The first kappa shape index (κ1) is 17.7. The van der Waals surface area contributed by atoms with Crippen LogP contribution in [0.1, 0.15) is 38.1 Å². The second-order valence-corrected chi connectivity index (χ2v) is 8.08. The van der Waals surface area contributed by atoms with Crippen molar-refractivity contribution in [3.05, 3.63) is 29.8 Å². The Morgan fingerprint density at radius 3 is 2.33 bits per heavy atom. The quantitative estimate of drug-likeness (QED) is 0.926. The summed E-state index contributed by atoms with van der Waals surface area (Å²) in [6.07, 6.45) is 0. The fourth-order valence-electron chi connectivity index (χ4n) is 1.87. The fourth-order valence-corrected chi connectivity index (χ4v) is 2.65. The highest BCUT2D eigenvalue weighted by molar-refractivity contribution is 7.89. The van der Waals surface area contributed by atoms with Gasteiger partial charge in [0.15, 0.2) is 0 Å². The molecule has 0 fully saturated rings. The zero-order chi connectivity index (χ0) is 16.4. The van der Waals surface area contributed by atoms with E-state index in [0.29, 0.717) is 5.56 Å². The lowest BCUT2D eigenvalue weighted by atomic mass is 9.87. The third kappa shape index (κ3) is 4.04. The van der Waals surface area contributed by atoms with Gasteiger partial charge in [-0.3, -0.25) is 4.79 Å².